The Hall–Kier alpha value is -1.80. The summed E-state index contributed by atoms with van der Waals surface area (Å²) in [6, 6.07) is 3.09. The number of hydrogen-bond donors (Lipinski definition) is 1. The highest BCUT2D eigenvalue weighted by Crippen LogP contribution is 2.04. The van der Waals surface area contributed by atoms with Crippen molar-refractivity contribution in [3.05, 3.63) is 34.3 Å². The van der Waals surface area contributed by atoms with Crippen molar-refractivity contribution >= 4 is 35.0 Å². The summed E-state index contributed by atoms with van der Waals surface area (Å²) in [5.74, 6) is -1.23. The van der Waals surface area contributed by atoms with E-state index in [4.69, 9.17) is 5.11 Å². The Morgan fingerprint density at radius 3 is 2.00 bits per heavy atom. The molecule has 0 amide bonds. The molecule has 0 saturated carbocycles. The van der Waals surface area contributed by atoms with Gasteiger partial charge in [-0.15, -0.1) is 0 Å². The molecule has 0 fully saturated rings. The average molecular weight is 272 g/mol. The van der Waals surface area contributed by atoms with Gasteiger partial charge < -0.3 is 9.84 Å². The number of carboxylic acids is 1. The van der Waals surface area contributed by atoms with Gasteiger partial charge in [0.05, 0.1) is 7.11 Å². The maximum absolute atomic E-state index is 10.6. The molecule has 2 heterocycles. The lowest BCUT2D eigenvalue weighted by molar-refractivity contribution is 0.0605. The SMILES string of the molecule is COC(=O)c1ccns1.O=C(O)c1ccns1. The van der Waals surface area contributed by atoms with Crippen molar-refractivity contribution in [2.45, 2.75) is 0 Å². The maximum Gasteiger partial charge on any atom is 0.349 e. The van der Waals surface area contributed by atoms with Crippen molar-refractivity contribution in [2.24, 2.45) is 0 Å². The highest BCUT2D eigenvalue weighted by Gasteiger charge is 2.04. The molecule has 2 aromatic heterocycles. The fraction of sp³-hybridized carbons (Fsp3) is 0.111. The van der Waals surface area contributed by atoms with Crippen molar-refractivity contribution in [3.8, 4) is 0 Å². The van der Waals surface area contributed by atoms with Crippen molar-refractivity contribution in [3.63, 3.8) is 0 Å². The zero-order valence-electron chi connectivity index (χ0n) is 8.69. The lowest BCUT2D eigenvalue weighted by Crippen LogP contribution is -1.96. The highest BCUT2D eigenvalue weighted by molar-refractivity contribution is 7.08. The summed E-state index contributed by atoms with van der Waals surface area (Å²) in [6.45, 7) is 0. The number of carboxylic acid groups (broad SMARTS) is 1. The molecule has 8 heteroatoms. The molecular weight excluding hydrogens is 264 g/mol. The van der Waals surface area contributed by atoms with Gasteiger partial charge in [0.1, 0.15) is 9.75 Å². The number of rotatable bonds is 2. The van der Waals surface area contributed by atoms with E-state index in [0.717, 1.165) is 23.1 Å². The second-order valence-corrected chi connectivity index (χ2v) is 4.22. The van der Waals surface area contributed by atoms with Crippen molar-refractivity contribution < 1.29 is 19.4 Å². The molecule has 0 unspecified atom stereocenters. The van der Waals surface area contributed by atoms with E-state index in [2.05, 4.69) is 13.5 Å². The van der Waals surface area contributed by atoms with Crippen LogP contribution in [0.5, 0.6) is 0 Å². The fourth-order valence-corrected chi connectivity index (χ4v) is 1.70. The first-order valence-corrected chi connectivity index (χ1v) is 5.82. The van der Waals surface area contributed by atoms with Gasteiger partial charge in [0, 0.05) is 12.4 Å². The topological polar surface area (TPSA) is 89.4 Å². The number of aromatic carboxylic acids is 1. The minimum absolute atomic E-state index is 0.282. The Morgan fingerprint density at radius 2 is 1.71 bits per heavy atom. The largest absolute Gasteiger partial charge is 0.477 e. The van der Waals surface area contributed by atoms with E-state index < -0.39 is 5.97 Å². The molecule has 0 aliphatic carbocycles. The third-order valence-electron chi connectivity index (χ3n) is 1.47. The smallest absolute Gasteiger partial charge is 0.349 e. The van der Waals surface area contributed by atoms with Crippen LogP contribution in [0.25, 0.3) is 0 Å². The minimum atomic E-state index is -0.910. The molecule has 0 aliphatic heterocycles. The second kappa shape index (κ2) is 6.71. The van der Waals surface area contributed by atoms with Crippen molar-refractivity contribution in [1.29, 1.82) is 0 Å². The summed E-state index contributed by atoms with van der Waals surface area (Å²) in [7, 11) is 1.35. The third-order valence-corrected chi connectivity index (χ3v) is 2.93. The predicted octanol–water partition coefficient (Wildman–Crippen LogP) is 1.77. The van der Waals surface area contributed by atoms with Gasteiger partial charge in [-0.05, 0) is 35.2 Å². The summed E-state index contributed by atoms with van der Waals surface area (Å²) in [6.07, 6.45) is 3.03. The molecule has 6 nitrogen and oxygen atoms in total. The zero-order chi connectivity index (χ0) is 12.7. The average Bonchev–Trinajstić information content (AvgIpc) is 3.01. The predicted molar refractivity (Wildman–Crippen MR) is 62.5 cm³/mol. The van der Waals surface area contributed by atoms with E-state index in [1.165, 1.54) is 19.4 Å². The normalized spacial score (nSPS) is 9.00. The van der Waals surface area contributed by atoms with Crippen LogP contribution < -0.4 is 0 Å². The van der Waals surface area contributed by atoms with Gasteiger partial charge in [-0.25, -0.2) is 18.3 Å². The van der Waals surface area contributed by atoms with Gasteiger partial charge in [0.15, 0.2) is 0 Å². The van der Waals surface area contributed by atoms with E-state index in [-0.39, 0.29) is 10.8 Å². The number of nitrogens with zero attached hydrogens (tertiary/aromatic N) is 2. The van der Waals surface area contributed by atoms with Crippen LogP contribution in [0.15, 0.2) is 24.5 Å². The lowest BCUT2D eigenvalue weighted by Gasteiger charge is -1.89. The van der Waals surface area contributed by atoms with Crippen molar-refractivity contribution in [1.82, 2.24) is 8.75 Å². The number of methoxy groups -OCH3 is 1. The van der Waals surface area contributed by atoms with Crippen LogP contribution in [-0.2, 0) is 4.74 Å². The standard InChI is InChI=1S/C5H5NO2S.C4H3NO2S/c1-8-5(7)4-2-3-6-9-4;6-4(7)3-1-2-5-8-3/h2-3H,1H3;1-2H,(H,6,7). The Balaban J connectivity index is 0.000000171. The molecular formula is C9H8N2O4S2. The third kappa shape index (κ3) is 4.29. The van der Waals surface area contributed by atoms with Crippen molar-refractivity contribution in [2.75, 3.05) is 7.11 Å². The molecule has 0 atom stereocenters. The molecule has 0 saturated heterocycles. The molecule has 2 rings (SSSR count). The monoisotopic (exact) mass is 272 g/mol. The van der Waals surface area contributed by atoms with Gasteiger partial charge >= 0.3 is 11.9 Å². The van der Waals surface area contributed by atoms with Crippen LogP contribution >= 0.6 is 23.1 Å². The summed E-state index contributed by atoms with van der Waals surface area (Å²) < 4.78 is 11.8. The second-order valence-electron chi connectivity index (χ2n) is 2.55. The molecule has 17 heavy (non-hydrogen) atoms. The minimum Gasteiger partial charge on any atom is -0.477 e. The molecule has 90 valence electrons. The lowest BCUT2D eigenvalue weighted by atomic mass is 10.5. The van der Waals surface area contributed by atoms with E-state index in [1.54, 1.807) is 12.3 Å². The van der Waals surface area contributed by atoms with Gasteiger partial charge in [0.2, 0.25) is 0 Å². The first kappa shape index (κ1) is 13.3. The summed E-state index contributed by atoms with van der Waals surface area (Å²) >= 11 is 2.11. The Morgan fingerprint density at radius 1 is 1.18 bits per heavy atom. The fourth-order valence-electron chi connectivity index (χ4n) is 0.748. The number of ether oxygens (including phenoxy) is 1. The molecule has 0 spiro atoms. The van der Waals surface area contributed by atoms with E-state index in [0.29, 0.717) is 4.88 Å². The van der Waals surface area contributed by atoms with Crippen LogP contribution in [0, 0.1) is 0 Å². The molecule has 0 bridgehead atoms. The molecule has 1 N–H and O–H groups in total. The van der Waals surface area contributed by atoms with E-state index in [1.807, 2.05) is 0 Å². The van der Waals surface area contributed by atoms with Crippen LogP contribution in [0.2, 0.25) is 0 Å². The van der Waals surface area contributed by atoms with Crippen LogP contribution in [0.4, 0.5) is 0 Å². The van der Waals surface area contributed by atoms with Gasteiger partial charge in [-0.1, -0.05) is 0 Å². The zero-order valence-corrected chi connectivity index (χ0v) is 10.3. The Labute approximate surface area is 105 Å². The molecule has 0 aromatic carbocycles. The number of carbonyl (C=O) groups excluding carboxylic acids is 1. The van der Waals surface area contributed by atoms with Gasteiger partial charge in [-0.3, -0.25) is 0 Å². The quantitative estimate of drug-likeness (QED) is 0.838. The summed E-state index contributed by atoms with van der Waals surface area (Å²) in [5.41, 5.74) is 0. The molecule has 2 aromatic rings. The van der Waals surface area contributed by atoms with Gasteiger partial charge in [-0.2, -0.15) is 0 Å². The van der Waals surface area contributed by atoms with Crippen LogP contribution in [0.1, 0.15) is 19.3 Å². The number of hydrogen-bond acceptors (Lipinski definition) is 7. The first-order chi connectivity index (χ1) is 8.15. The molecule has 0 aliphatic rings. The van der Waals surface area contributed by atoms with Gasteiger partial charge in [0.25, 0.3) is 0 Å². The first-order valence-electron chi connectivity index (χ1n) is 4.28. The van der Waals surface area contributed by atoms with Crippen LogP contribution in [-0.4, -0.2) is 32.9 Å². The molecule has 0 radical (unpaired) electrons. The van der Waals surface area contributed by atoms with E-state index in [9.17, 15) is 9.59 Å². The van der Waals surface area contributed by atoms with E-state index >= 15 is 0 Å². The maximum atomic E-state index is 10.6. The highest BCUT2D eigenvalue weighted by atomic mass is 32.1. The number of esters is 1. The number of carbonyl (C=O) groups is 2. The summed E-state index contributed by atoms with van der Waals surface area (Å²) in [4.78, 5) is 21.5. The Kier molecular flexibility index (Phi) is 5.24. The number of aromatic nitrogens is 2. The Bertz CT molecular complexity index is 467. The summed E-state index contributed by atoms with van der Waals surface area (Å²) in [5, 5.41) is 8.24. The van der Waals surface area contributed by atoms with Crippen LogP contribution in [0.3, 0.4) is 0 Å².